The summed E-state index contributed by atoms with van der Waals surface area (Å²) >= 11 is 0. The van der Waals surface area contributed by atoms with Crippen LogP contribution in [0.25, 0.3) is 0 Å². The van der Waals surface area contributed by atoms with E-state index in [0.29, 0.717) is 13.0 Å². The smallest absolute Gasteiger partial charge is 0.216 e. The van der Waals surface area contributed by atoms with Gasteiger partial charge in [0.25, 0.3) is 0 Å². The van der Waals surface area contributed by atoms with Crippen LogP contribution in [-0.4, -0.2) is 44.1 Å². The molecule has 1 aliphatic rings. The summed E-state index contributed by atoms with van der Waals surface area (Å²) < 4.78 is 31.8. The Kier molecular flexibility index (Phi) is 4.57. The maximum atomic E-state index is 11.8. The van der Waals surface area contributed by atoms with E-state index in [0.717, 1.165) is 0 Å². The second-order valence-corrected chi connectivity index (χ2v) is 7.34. The molecule has 0 spiro atoms. The fourth-order valence-electron chi connectivity index (χ4n) is 1.98. The van der Waals surface area contributed by atoms with E-state index in [1.54, 1.807) is 0 Å². The minimum absolute atomic E-state index is 0.102. The van der Waals surface area contributed by atoms with Gasteiger partial charge in [-0.1, -0.05) is 13.8 Å². The second-order valence-electron chi connectivity index (χ2n) is 5.21. The summed E-state index contributed by atoms with van der Waals surface area (Å²) in [5.74, 6) is 0. The van der Waals surface area contributed by atoms with E-state index in [-0.39, 0.29) is 24.2 Å². The highest BCUT2D eigenvalue weighted by Crippen LogP contribution is 2.43. The Morgan fingerprint density at radius 2 is 2.12 bits per heavy atom. The van der Waals surface area contributed by atoms with Crippen molar-refractivity contribution in [2.75, 3.05) is 13.2 Å². The van der Waals surface area contributed by atoms with E-state index >= 15 is 0 Å². The maximum absolute atomic E-state index is 11.8. The van der Waals surface area contributed by atoms with Crippen LogP contribution in [0.1, 0.15) is 34.1 Å². The molecule has 0 saturated heterocycles. The van der Waals surface area contributed by atoms with Gasteiger partial charge in [0.2, 0.25) is 10.0 Å². The highest BCUT2D eigenvalue weighted by Gasteiger charge is 2.50. The number of rotatable bonds is 6. The molecule has 17 heavy (non-hydrogen) atoms. The van der Waals surface area contributed by atoms with Crippen LogP contribution < -0.4 is 4.72 Å². The molecule has 1 saturated carbocycles. The standard InChI is InChI=1S/C11H23NO4S/c1-5-16-10-6-9(11(10,3)4)12-17(14,15)8(2)7-13/h8-10,12-13H,5-7H2,1-4H3. The Bertz CT molecular complexity index is 352. The second kappa shape index (κ2) is 5.22. The molecule has 102 valence electrons. The lowest BCUT2D eigenvalue weighted by Gasteiger charge is -2.51. The first-order valence-corrected chi connectivity index (χ1v) is 7.54. The number of sulfonamides is 1. The van der Waals surface area contributed by atoms with Gasteiger partial charge in [0, 0.05) is 18.1 Å². The average Bonchev–Trinajstić information content (AvgIpc) is 2.26. The molecular formula is C11H23NO4S. The molecule has 3 unspecified atom stereocenters. The molecular weight excluding hydrogens is 242 g/mol. The lowest BCUT2D eigenvalue weighted by atomic mass is 9.65. The fourth-order valence-corrected chi connectivity index (χ4v) is 3.21. The summed E-state index contributed by atoms with van der Waals surface area (Å²) in [5.41, 5.74) is -0.196. The largest absolute Gasteiger partial charge is 0.395 e. The minimum atomic E-state index is -3.44. The Morgan fingerprint density at radius 1 is 1.53 bits per heavy atom. The van der Waals surface area contributed by atoms with Crippen molar-refractivity contribution < 1.29 is 18.3 Å². The molecule has 0 bridgehead atoms. The van der Waals surface area contributed by atoms with Crippen molar-refractivity contribution >= 4 is 10.0 Å². The van der Waals surface area contributed by atoms with Gasteiger partial charge in [-0.15, -0.1) is 0 Å². The van der Waals surface area contributed by atoms with E-state index < -0.39 is 15.3 Å². The summed E-state index contributed by atoms with van der Waals surface area (Å²) in [7, 11) is -3.44. The Hall–Kier alpha value is -0.170. The molecule has 0 amide bonds. The van der Waals surface area contributed by atoms with Gasteiger partial charge in [0.1, 0.15) is 0 Å². The van der Waals surface area contributed by atoms with Gasteiger partial charge >= 0.3 is 0 Å². The van der Waals surface area contributed by atoms with Gasteiger partial charge in [0.15, 0.2) is 0 Å². The molecule has 0 aromatic rings. The summed E-state index contributed by atoms with van der Waals surface area (Å²) in [6, 6.07) is -0.113. The number of ether oxygens (including phenoxy) is 1. The first kappa shape index (κ1) is 14.9. The molecule has 0 radical (unpaired) electrons. The Balaban J connectivity index is 2.62. The lowest BCUT2D eigenvalue weighted by molar-refractivity contribution is -0.108. The first-order valence-electron chi connectivity index (χ1n) is 5.99. The van der Waals surface area contributed by atoms with Crippen LogP contribution in [0.3, 0.4) is 0 Å². The minimum Gasteiger partial charge on any atom is -0.395 e. The molecule has 1 aliphatic carbocycles. The highest BCUT2D eigenvalue weighted by atomic mass is 32.2. The van der Waals surface area contributed by atoms with Crippen LogP contribution in [0.4, 0.5) is 0 Å². The van der Waals surface area contributed by atoms with Gasteiger partial charge in [0.05, 0.1) is 18.0 Å². The predicted molar refractivity (Wildman–Crippen MR) is 66.2 cm³/mol. The molecule has 3 atom stereocenters. The molecule has 0 aliphatic heterocycles. The van der Waals surface area contributed by atoms with Crippen molar-refractivity contribution in [3.63, 3.8) is 0 Å². The number of hydrogen-bond donors (Lipinski definition) is 2. The van der Waals surface area contributed by atoms with Crippen molar-refractivity contribution in [3.8, 4) is 0 Å². The monoisotopic (exact) mass is 265 g/mol. The molecule has 0 aromatic heterocycles. The van der Waals surface area contributed by atoms with Gasteiger partial charge in [-0.05, 0) is 20.3 Å². The first-order chi connectivity index (χ1) is 7.75. The third kappa shape index (κ3) is 2.99. The predicted octanol–water partition coefficient (Wildman–Crippen LogP) is 0.490. The maximum Gasteiger partial charge on any atom is 0.216 e. The summed E-state index contributed by atoms with van der Waals surface area (Å²) in [6.45, 7) is 7.69. The zero-order chi connectivity index (χ0) is 13.3. The van der Waals surface area contributed by atoms with Crippen LogP contribution >= 0.6 is 0 Å². The van der Waals surface area contributed by atoms with Gasteiger partial charge < -0.3 is 9.84 Å². The zero-order valence-corrected chi connectivity index (χ0v) is 11.8. The number of aliphatic hydroxyl groups is 1. The summed E-state index contributed by atoms with van der Waals surface area (Å²) in [5, 5.41) is 8.12. The topological polar surface area (TPSA) is 75.6 Å². The van der Waals surface area contributed by atoms with Crippen molar-refractivity contribution in [2.45, 2.75) is 51.5 Å². The lowest BCUT2D eigenvalue weighted by Crippen LogP contribution is -2.62. The van der Waals surface area contributed by atoms with Crippen molar-refractivity contribution in [1.29, 1.82) is 0 Å². The highest BCUT2D eigenvalue weighted by molar-refractivity contribution is 7.90. The average molecular weight is 265 g/mol. The number of aliphatic hydroxyl groups excluding tert-OH is 1. The van der Waals surface area contributed by atoms with Crippen molar-refractivity contribution in [2.24, 2.45) is 5.41 Å². The molecule has 0 aromatic carbocycles. The van der Waals surface area contributed by atoms with E-state index in [9.17, 15) is 8.42 Å². The molecule has 0 heterocycles. The fraction of sp³-hybridized carbons (Fsp3) is 1.00. The van der Waals surface area contributed by atoms with Crippen LogP contribution in [0, 0.1) is 5.41 Å². The van der Waals surface area contributed by atoms with E-state index in [4.69, 9.17) is 9.84 Å². The summed E-state index contributed by atoms with van der Waals surface area (Å²) in [4.78, 5) is 0. The third-order valence-electron chi connectivity index (χ3n) is 3.64. The normalized spacial score (nSPS) is 29.7. The molecule has 2 N–H and O–H groups in total. The van der Waals surface area contributed by atoms with E-state index in [1.165, 1.54) is 6.92 Å². The molecule has 5 nitrogen and oxygen atoms in total. The van der Waals surface area contributed by atoms with Crippen molar-refractivity contribution in [3.05, 3.63) is 0 Å². The van der Waals surface area contributed by atoms with Gasteiger partial charge in [-0.3, -0.25) is 0 Å². The van der Waals surface area contributed by atoms with Crippen LogP contribution in [0.15, 0.2) is 0 Å². The molecule has 1 rings (SSSR count). The molecule has 1 fully saturated rings. The quantitative estimate of drug-likeness (QED) is 0.733. The van der Waals surface area contributed by atoms with Crippen LogP contribution in [-0.2, 0) is 14.8 Å². The van der Waals surface area contributed by atoms with Crippen molar-refractivity contribution in [1.82, 2.24) is 4.72 Å². The third-order valence-corrected chi connectivity index (χ3v) is 5.46. The van der Waals surface area contributed by atoms with Gasteiger partial charge in [-0.25, -0.2) is 13.1 Å². The SMILES string of the molecule is CCOC1CC(NS(=O)(=O)C(C)CO)C1(C)C. The number of hydrogen-bond acceptors (Lipinski definition) is 4. The van der Waals surface area contributed by atoms with Gasteiger partial charge in [-0.2, -0.15) is 0 Å². The Morgan fingerprint density at radius 3 is 2.53 bits per heavy atom. The Labute approximate surface area is 104 Å². The van der Waals surface area contributed by atoms with Crippen LogP contribution in [0.2, 0.25) is 0 Å². The van der Waals surface area contributed by atoms with E-state index in [2.05, 4.69) is 4.72 Å². The number of nitrogens with one attached hydrogen (secondary N) is 1. The molecule has 6 heteroatoms. The summed E-state index contributed by atoms with van der Waals surface area (Å²) in [6.07, 6.45) is 0.794. The zero-order valence-electron chi connectivity index (χ0n) is 10.9. The van der Waals surface area contributed by atoms with Crippen LogP contribution in [0.5, 0.6) is 0 Å². The van der Waals surface area contributed by atoms with E-state index in [1.807, 2.05) is 20.8 Å².